The summed E-state index contributed by atoms with van der Waals surface area (Å²) in [5, 5.41) is 18.0. The van der Waals surface area contributed by atoms with E-state index in [2.05, 4.69) is 0 Å². The number of carboxylic acids is 1. The number of nitrogens with zero attached hydrogens (tertiary/aromatic N) is 1. The number of hydrogen-bond acceptors (Lipinski definition) is 3. The van der Waals surface area contributed by atoms with Gasteiger partial charge in [0, 0.05) is 9.92 Å². The van der Waals surface area contributed by atoms with Crippen LogP contribution in [-0.4, -0.2) is 16.3 Å². The van der Waals surface area contributed by atoms with Crippen molar-refractivity contribution in [1.29, 1.82) is 5.26 Å². The van der Waals surface area contributed by atoms with Gasteiger partial charge in [-0.15, -0.1) is 11.8 Å². The van der Waals surface area contributed by atoms with E-state index < -0.39 is 11.2 Å². The molecule has 17 heavy (non-hydrogen) atoms. The summed E-state index contributed by atoms with van der Waals surface area (Å²) in [4.78, 5) is 11.7. The van der Waals surface area contributed by atoms with Gasteiger partial charge in [0.25, 0.3) is 0 Å². The Morgan fingerprint density at radius 3 is 2.65 bits per heavy atom. The minimum atomic E-state index is -0.881. The van der Waals surface area contributed by atoms with Gasteiger partial charge in [-0.25, -0.2) is 0 Å². The Bertz CT molecular complexity index is 468. The zero-order valence-corrected chi connectivity index (χ0v) is 11.0. The molecule has 0 saturated carbocycles. The minimum absolute atomic E-state index is 0.0250. The first-order valence-electron chi connectivity index (χ1n) is 5.04. The molecule has 0 bridgehead atoms. The Kier molecular flexibility index (Phi) is 4.86. The monoisotopic (exact) mass is 269 g/mol. The molecule has 1 unspecified atom stereocenters. The summed E-state index contributed by atoms with van der Waals surface area (Å²) in [5.74, 6) is -0.906. The van der Waals surface area contributed by atoms with Crippen LogP contribution in [0.2, 0.25) is 5.02 Å². The van der Waals surface area contributed by atoms with Gasteiger partial charge < -0.3 is 5.11 Å². The second-order valence-electron chi connectivity index (χ2n) is 3.87. The summed E-state index contributed by atoms with van der Waals surface area (Å²) in [6, 6.07) is 6.88. The molecule has 0 heterocycles. The van der Waals surface area contributed by atoms with E-state index in [0.717, 1.165) is 11.8 Å². The number of carboxylic acid groups (broad SMARTS) is 1. The number of nitriles is 1. The fourth-order valence-electron chi connectivity index (χ4n) is 1.29. The first kappa shape index (κ1) is 13.9. The fraction of sp³-hybridized carbons (Fsp3) is 0.333. The molecule has 5 heteroatoms. The van der Waals surface area contributed by atoms with Crippen LogP contribution in [0.4, 0.5) is 0 Å². The van der Waals surface area contributed by atoms with Crippen molar-refractivity contribution < 1.29 is 9.90 Å². The van der Waals surface area contributed by atoms with E-state index in [1.54, 1.807) is 18.2 Å². The molecule has 1 atom stereocenters. The van der Waals surface area contributed by atoms with Gasteiger partial charge in [-0.05, 0) is 24.1 Å². The third-order valence-electron chi connectivity index (χ3n) is 2.17. The van der Waals surface area contributed by atoms with Gasteiger partial charge in [0.15, 0.2) is 0 Å². The van der Waals surface area contributed by atoms with Crippen molar-refractivity contribution in [2.45, 2.75) is 24.0 Å². The van der Waals surface area contributed by atoms with Crippen molar-refractivity contribution in [2.24, 2.45) is 5.92 Å². The standard InChI is InChI=1S/C12H12ClNO2S/c1-7(2)11(12(15)16)17-10-5-9(13)4-3-8(10)6-14/h3-5,7,11H,1-2H3,(H,15,16). The first-order chi connectivity index (χ1) is 7.95. The zero-order valence-electron chi connectivity index (χ0n) is 9.48. The Morgan fingerprint density at radius 2 is 2.18 bits per heavy atom. The van der Waals surface area contributed by atoms with Gasteiger partial charge >= 0.3 is 5.97 Å². The highest BCUT2D eigenvalue weighted by atomic mass is 35.5. The highest BCUT2D eigenvalue weighted by Gasteiger charge is 2.23. The molecule has 0 saturated heterocycles. The summed E-state index contributed by atoms with van der Waals surface area (Å²) in [7, 11) is 0. The SMILES string of the molecule is CC(C)C(Sc1cc(Cl)ccc1C#N)C(=O)O. The average Bonchev–Trinajstić information content (AvgIpc) is 2.25. The third kappa shape index (κ3) is 3.65. The molecular weight excluding hydrogens is 258 g/mol. The maximum atomic E-state index is 11.1. The maximum absolute atomic E-state index is 11.1. The lowest BCUT2D eigenvalue weighted by molar-refractivity contribution is -0.137. The third-order valence-corrected chi connectivity index (χ3v) is 3.99. The van der Waals surface area contributed by atoms with E-state index in [9.17, 15) is 4.79 Å². The largest absolute Gasteiger partial charge is 0.480 e. The molecule has 0 amide bonds. The van der Waals surface area contributed by atoms with Crippen LogP contribution in [0.5, 0.6) is 0 Å². The molecule has 0 spiro atoms. The fourth-order valence-corrected chi connectivity index (χ4v) is 2.61. The summed E-state index contributed by atoms with van der Waals surface area (Å²) in [6.07, 6.45) is 0. The summed E-state index contributed by atoms with van der Waals surface area (Å²) in [5.41, 5.74) is 0.450. The number of carbonyl (C=O) groups is 1. The van der Waals surface area contributed by atoms with E-state index in [1.165, 1.54) is 0 Å². The van der Waals surface area contributed by atoms with Crippen molar-refractivity contribution in [1.82, 2.24) is 0 Å². The van der Waals surface area contributed by atoms with E-state index in [0.29, 0.717) is 15.5 Å². The van der Waals surface area contributed by atoms with Gasteiger partial charge in [0.1, 0.15) is 11.3 Å². The normalized spacial score (nSPS) is 12.2. The van der Waals surface area contributed by atoms with Crippen LogP contribution in [0, 0.1) is 17.2 Å². The van der Waals surface area contributed by atoms with E-state index >= 15 is 0 Å². The van der Waals surface area contributed by atoms with Gasteiger partial charge in [-0.3, -0.25) is 4.79 Å². The highest BCUT2D eigenvalue weighted by molar-refractivity contribution is 8.00. The molecule has 1 N–H and O–H groups in total. The summed E-state index contributed by atoms with van der Waals surface area (Å²) >= 11 is 7.01. The average molecular weight is 270 g/mol. The van der Waals surface area contributed by atoms with E-state index in [-0.39, 0.29) is 5.92 Å². The van der Waals surface area contributed by atoms with E-state index in [4.69, 9.17) is 22.0 Å². The number of rotatable bonds is 4. The van der Waals surface area contributed by atoms with Gasteiger partial charge in [-0.2, -0.15) is 5.26 Å². The molecular formula is C12H12ClNO2S. The number of thioether (sulfide) groups is 1. The van der Waals surface area contributed by atoms with Crippen molar-refractivity contribution in [2.75, 3.05) is 0 Å². The Labute approximate surface area is 109 Å². The molecule has 1 aromatic carbocycles. The van der Waals surface area contributed by atoms with Crippen LogP contribution in [0.25, 0.3) is 0 Å². The van der Waals surface area contributed by atoms with Crippen LogP contribution in [0.3, 0.4) is 0 Å². The Balaban J connectivity index is 3.05. The van der Waals surface area contributed by atoms with Crippen LogP contribution >= 0.6 is 23.4 Å². The smallest absolute Gasteiger partial charge is 0.317 e. The van der Waals surface area contributed by atoms with Crippen LogP contribution in [0.1, 0.15) is 19.4 Å². The van der Waals surface area contributed by atoms with Crippen LogP contribution in [-0.2, 0) is 4.79 Å². The highest BCUT2D eigenvalue weighted by Crippen LogP contribution is 2.32. The lowest BCUT2D eigenvalue weighted by Gasteiger charge is -2.16. The molecule has 0 aliphatic rings. The molecule has 0 fully saturated rings. The second kappa shape index (κ2) is 5.95. The lowest BCUT2D eigenvalue weighted by atomic mass is 10.1. The molecule has 3 nitrogen and oxygen atoms in total. The van der Waals surface area contributed by atoms with E-state index in [1.807, 2.05) is 19.9 Å². The first-order valence-corrected chi connectivity index (χ1v) is 6.30. The van der Waals surface area contributed by atoms with Gasteiger partial charge in [0.2, 0.25) is 0 Å². The molecule has 0 aromatic heterocycles. The molecule has 1 rings (SSSR count). The molecule has 0 radical (unpaired) electrons. The number of benzene rings is 1. The van der Waals surface area contributed by atoms with Gasteiger partial charge in [0.05, 0.1) is 5.56 Å². The molecule has 90 valence electrons. The quantitative estimate of drug-likeness (QED) is 0.851. The second-order valence-corrected chi connectivity index (χ2v) is 5.49. The maximum Gasteiger partial charge on any atom is 0.317 e. The predicted octanol–water partition coefficient (Wildman–Crippen LogP) is 3.41. The summed E-state index contributed by atoms with van der Waals surface area (Å²) < 4.78 is 0. The molecule has 1 aromatic rings. The van der Waals surface area contributed by atoms with Crippen molar-refractivity contribution >= 4 is 29.3 Å². The Morgan fingerprint density at radius 1 is 1.53 bits per heavy atom. The van der Waals surface area contributed by atoms with Crippen molar-refractivity contribution in [3.8, 4) is 6.07 Å². The zero-order chi connectivity index (χ0) is 13.0. The predicted molar refractivity (Wildman–Crippen MR) is 68.3 cm³/mol. The topological polar surface area (TPSA) is 61.1 Å². The molecule has 0 aliphatic heterocycles. The van der Waals surface area contributed by atoms with Crippen molar-refractivity contribution in [3.63, 3.8) is 0 Å². The van der Waals surface area contributed by atoms with Crippen molar-refractivity contribution in [3.05, 3.63) is 28.8 Å². The number of aliphatic carboxylic acids is 1. The Hall–Kier alpha value is -1.18. The molecule has 0 aliphatic carbocycles. The minimum Gasteiger partial charge on any atom is -0.480 e. The van der Waals surface area contributed by atoms with Crippen LogP contribution < -0.4 is 0 Å². The van der Waals surface area contributed by atoms with Gasteiger partial charge in [-0.1, -0.05) is 25.4 Å². The lowest BCUT2D eigenvalue weighted by Crippen LogP contribution is -2.22. The number of hydrogen-bond donors (Lipinski definition) is 1. The number of halogens is 1. The summed E-state index contributed by atoms with van der Waals surface area (Å²) in [6.45, 7) is 3.67. The van der Waals surface area contributed by atoms with Crippen LogP contribution in [0.15, 0.2) is 23.1 Å².